The number of nitrogens with one attached hydrogen (secondary N) is 1. The molecule has 1 unspecified atom stereocenters. The minimum atomic E-state index is -0.894. The van der Waals surface area contributed by atoms with E-state index in [2.05, 4.69) is 15.4 Å². The van der Waals surface area contributed by atoms with Crippen LogP contribution in [0.5, 0.6) is 0 Å². The Kier molecular flexibility index (Phi) is 5.49. The van der Waals surface area contributed by atoms with E-state index >= 15 is 0 Å². The molecule has 7 heteroatoms. The van der Waals surface area contributed by atoms with Gasteiger partial charge in [0.25, 0.3) is 5.91 Å². The molecule has 0 bridgehead atoms. The molecule has 3 rings (SSSR count). The highest BCUT2D eigenvalue weighted by atomic mass is 16.4. The minimum Gasteiger partial charge on any atom is -0.481 e. The quantitative estimate of drug-likeness (QED) is 0.668. The van der Waals surface area contributed by atoms with Crippen molar-refractivity contribution >= 4 is 22.9 Å². The first-order valence-corrected chi connectivity index (χ1v) is 8.86. The summed E-state index contributed by atoms with van der Waals surface area (Å²) in [5.74, 6) is -1.18. The van der Waals surface area contributed by atoms with Gasteiger partial charge in [-0.15, -0.1) is 0 Å². The van der Waals surface area contributed by atoms with Crippen LogP contribution >= 0.6 is 0 Å². The van der Waals surface area contributed by atoms with Gasteiger partial charge in [0.05, 0.1) is 17.8 Å². The molecular weight excluding hydrogens is 344 g/mol. The van der Waals surface area contributed by atoms with E-state index in [4.69, 9.17) is 5.11 Å². The second kappa shape index (κ2) is 7.99. The first-order valence-electron chi connectivity index (χ1n) is 8.86. The Hall–Kier alpha value is -3.22. The third-order valence-corrected chi connectivity index (χ3v) is 4.34. The number of rotatable bonds is 7. The van der Waals surface area contributed by atoms with Gasteiger partial charge in [-0.25, -0.2) is 9.67 Å². The Morgan fingerprint density at radius 3 is 2.59 bits per heavy atom. The Morgan fingerprint density at radius 1 is 1.19 bits per heavy atom. The number of nitrogens with zero attached hydrogens (tertiary/aromatic N) is 3. The zero-order valence-corrected chi connectivity index (χ0v) is 15.3. The maximum absolute atomic E-state index is 12.7. The van der Waals surface area contributed by atoms with Crippen LogP contribution in [0.15, 0.2) is 48.8 Å². The standard InChI is InChI=1S/C20H22N4O3/c1-13(2)24-19-15(12-22-24)10-16(11-21-19)20(27)23-17(8-9-18(25)26)14-6-4-3-5-7-14/h3-7,10-13,17H,8-9H2,1-2H3,(H,23,27)(H,25,26). The number of carboxylic acids is 1. The Morgan fingerprint density at radius 2 is 1.93 bits per heavy atom. The van der Waals surface area contributed by atoms with Crippen LogP contribution < -0.4 is 5.32 Å². The number of fused-ring (bicyclic) bond motifs is 1. The molecule has 0 fully saturated rings. The second-order valence-corrected chi connectivity index (χ2v) is 6.69. The number of benzene rings is 1. The van der Waals surface area contributed by atoms with E-state index in [9.17, 15) is 9.59 Å². The summed E-state index contributed by atoms with van der Waals surface area (Å²) in [5, 5.41) is 17.0. The second-order valence-electron chi connectivity index (χ2n) is 6.69. The van der Waals surface area contributed by atoms with Gasteiger partial charge in [-0.05, 0) is 31.9 Å². The molecule has 7 nitrogen and oxygen atoms in total. The van der Waals surface area contributed by atoms with E-state index in [1.165, 1.54) is 6.20 Å². The van der Waals surface area contributed by atoms with Crippen molar-refractivity contribution in [3.63, 3.8) is 0 Å². The van der Waals surface area contributed by atoms with Gasteiger partial charge in [0.15, 0.2) is 5.65 Å². The third-order valence-electron chi connectivity index (χ3n) is 4.34. The lowest BCUT2D eigenvalue weighted by Crippen LogP contribution is -2.29. The molecule has 0 saturated heterocycles. The molecule has 2 N–H and O–H groups in total. The van der Waals surface area contributed by atoms with Crippen molar-refractivity contribution < 1.29 is 14.7 Å². The fourth-order valence-corrected chi connectivity index (χ4v) is 2.96. The minimum absolute atomic E-state index is 0.0295. The van der Waals surface area contributed by atoms with Gasteiger partial charge in [-0.3, -0.25) is 9.59 Å². The number of pyridine rings is 1. The van der Waals surface area contributed by atoms with Crippen LogP contribution in [0.1, 0.15) is 54.7 Å². The number of carboxylic acid groups (broad SMARTS) is 1. The molecule has 1 aromatic carbocycles. The Labute approximate surface area is 157 Å². The fraction of sp³-hybridized carbons (Fsp3) is 0.300. The van der Waals surface area contributed by atoms with Gasteiger partial charge < -0.3 is 10.4 Å². The van der Waals surface area contributed by atoms with Crippen LogP contribution in [-0.4, -0.2) is 31.7 Å². The third kappa shape index (κ3) is 4.31. The first-order chi connectivity index (χ1) is 13.0. The maximum Gasteiger partial charge on any atom is 0.303 e. The number of hydrogen-bond acceptors (Lipinski definition) is 4. The predicted molar refractivity (Wildman–Crippen MR) is 101 cm³/mol. The summed E-state index contributed by atoms with van der Waals surface area (Å²) in [6.07, 6.45) is 3.50. The lowest BCUT2D eigenvalue weighted by molar-refractivity contribution is -0.137. The van der Waals surface area contributed by atoms with Crippen LogP contribution in [0.2, 0.25) is 0 Å². The Balaban J connectivity index is 1.82. The summed E-state index contributed by atoms with van der Waals surface area (Å²) in [4.78, 5) is 28.1. The summed E-state index contributed by atoms with van der Waals surface area (Å²) in [7, 11) is 0. The van der Waals surface area contributed by atoms with Gasteiger partial charge in [0, 0.05) is 24.0 Å². The topological polar surface area (TPSA) is 97.1 Å². The zero-order valence-electron chi connectivity index (χ0n) is 15.3. The highest BCUT2D eigenvalue weighted by molar-refractivity contribution is 5.97. The molecule has 0 aliphatic carbocycles. The average Bonchev–Trinajstić information content (AvgIpc) is 3.09. The molecular formula is C20H22N4O3. The molecule has 1 atom stereocenters. The van der Waals surface area contributed by atoms with Gasteiger partial charge in [-0.2, -0.15) is 5.10 Å². The van der Waals surface area contributed by atoms with Crippen LogP contribution in [0, 0.1) is 0 Å². The van der Waals surface area contributed by atoms with E-state index < -0.39 is 5.97 Å². The van der Waals surface area contributed by atoms with E-state index in [0.717, 1.165) is 16.6 Å². The van der Waals surface area contributed by atoms with E-state index in [1.54, 1.807) is 16.9 Å². The SMILES string of the molecule is CC(C)n1ncc2cc(C(=O)NC(CCC(=O)O)c3ccccc3)cnc21. The molecule has 2 aromatic heterocycles. The van der Waals surface area contributed by atoms with Gasteiger partial charge >= 0.3 is 5.97 Å². The average molecular weight is 366 g/mol. The zero-order chi connectivity index (χ0) is 19.4. The summed E-state index contributed by atoms with van der Waals surface area (Å²) in [6, 6.07) is 10.9. The molecule has 140 valence electrons. The highest BCUT2D eigenvalue weighted by Gasteiger charge is 2.18. The lowest BCUT2D eigenvalue weighted by atomic mass is 10.0. The van der Waals surface area contributed by atoms with Crippen LogP contribution in [0.4, 0.5) is 0 Å². The smallest absolute Gasteiger partial charge is 0.303 e. The monoisotopic (exact) mass is 366 g/mol. The number of carbonyl (C=O) groups is 2. The molecule has 2 heterocycles. The van der Waals surface area contributed by atoms with Gasteiger partial charge in [-0.1, -0.05) is 30.3 Å². The molecule has 0 aliphatic heterocycles. The number of aliphatic carboxylic acids is 1. The van der Waals surface area contributed by atoms with Crippen molar-refractivity contribution in [3.8, 4) is 0 Å². The number of aromatic nitrogens is 3. The lowest BCUT2D eigenvalue weighted by Gasteiger charge is -2.18. The van der Waals surface area contributed by atoms with Crippen LogP contribution in [0.3, 0.4) is 0 Å². The molecule has 1 amide bonds. The summed E-state index contributed by atoms with van der Waals surface area (Å²) >= 11 is 0. The van der Waals surface area contributed by atoms with Crippen molar-refractivity contribution in [1.29, 1.82) is 0 Å². The molecule has 0 aliphatic rings. The normalized spacial score (nSPS) is 12.3. The van der Waals surface area contributed by atoms with Crippen molar-refractivity contribution in [1.82, 2.24) is 20.1 Å². The van der Waals surface area contributed by atoms with E-state index in [0.29, 0.717) is 12.0 Å². The van der Waals surface area contributed by atoms with Crippen LogP contribution in [-0.2, 0) is 4.79 Å². The van der Waals surface area contributed by atoms with E-state index in [-0.39, 0.29) is 24.4 Å². The van der Waals surface area contributed by atoms with Gasteiger partial charge in [0.2, 0.25) is 0 Å². The first kappa shape index (κ1) is 18.6. The largest absolute Gasteiger partial charge is 0.481 e. The molecule has 27 heavy (non-hydrogen) atoms. The van der Waals surface area contributed by atoms with Crippen molar-refractivity contribution in [2.75, 3.05) is 0 Å². The number of carbonyl (C=O) groups excluding carboxylic acids is 1. The van der Waals surface area contributed by atoms with Crippen molar-refractivity contribution in [2.24, 2.45) is 0 Å². The van der Waals surface area contributed by atoms with Gasteiger partial charge in [0.1, 0.15) is 0 Å². The van der Waals surface area contributed by atoms with Crippen LogP contribution in [0.25, 0.3) is 11.0 Å². The predicted octanol–water partition coefficient (Wildman–Crippen LogP) is 3.35. The maximum atomic E-state index is 12.7. The summed E-state index contributed by atoms with van der Waals surface area (Å²) < 4.78 is 1.80. The molecule has 0 spiro atoms. The summed E-state index contributed by atoms with van der Waals surface area (Å²) in [5.41, 5.74) is 2.02. The van der Waals surface area contributed by atoms with E-state index in [1.807, 2.05) is 44.2 Å². The summed E-state index contributed by atoms with van der Waals surface area (Å²) in [6.45, 7) is 4.03. The van der Waals surface area contributed by atoms with Crippen molar-refractivity contribution in [3.05, 3.63) is 59.9 Å². The highest BCUT2D eigenvalue weighted by Crippen LogP contribution is 2.21. The molecule has 3 aromatic rings. The Bertz CT molecular complexity index is 950. The van der Waals surface area contributed by atoms with Crippen molar-refractivity contribution in [2.45, 2.75) is 38.8 Å². The molecule has 0 radical (unpaired) electrons. The molecule has 0 saturated carbocycles. The number of hydrogen-bond donors (Lipinski definition) is 2. The number of amides is 1. The fourth-order valence-electron chi connectivity index (χ4n) is 2.96.